The van der Waals surface area contributed by atoms with Gasteiger partial charge in [-0.3, -0.25) is 4.79 Å². The molecule has 0 aromatic heterocycles. The molecule has 1 amide bonds. The molecule has 20 heavy (non-hydrogen) atoms. The number of piperidine rings is 1. The number of hydrogen-bond acceptors (Lipinski definition) is 2. The van der Waals surface area contributed by atoms with Crippen molar-refractivity contribution in [3.8, 4) is 0 Å². The van der Waals surface area contributed by atoms with Crippen LogP contribution >= 0.6 is 35.6 Å². The monoisotopic (exact) mass is 336 g/mol. The third-order valence-electron chi connectivity index (χ3n) is 3.65. The summed E-state index contributed by atoms with van der Waals surface area (Å²) in [6.07, 6.45) is 2.07. The van der Waals surface area contributed by atoms with Crippen molar-refractivity contribution in [2.75, 3.05) is 13.1 Å². The van der Waals surface area contributed by atoms with Gasteiger partial charge >= 0.3 is 0 Å². The molecule has 1 aliphatic rings. The Bertz CT molecular complexity index is 479. The molecule has 1 saturated heterocycles. The third-order valence-corrected chi connectivity index (χ3v) is 4.20. The second-order valence-electron chi connectivity index (χ2n) is 5.14. The van der Waals surface area contributed by atoms with E-state index in [1.165, 1.54) is 0 Å². The van der Waals surface area contributed by atoms with E-state index >= 15 is 0 Å². The van der Waals surface area contributed by atoms with Gasteiger partial charge in [0.05, 0.1) is 10.6 Å². The van der Waals surface area contributed by atoms with Crippen molar-refractivity contribution in [2.24, 2.45) is 11.7 Å². The fourth-order valence-corrected chi connectivity index (χ4v) is 2.95. The minimum atomic E-state index is -0.0352. The van der Waals surface area contributed by atoms with Gasteiger partial charge in [0.15, 0.2) is 0 Å². The molecule has 0 radical (unpaired) electrons. The van der Waals surface area contributed by atoms with Gasteiger partial charge in [-0.2, -0.15) is 0 Å². The molecule has 0 bridgehead atoms. The van der Waals surface area contributed by atoms with Crippen LogP contribution < -0.4 is 5.73 Å². The van der Waals surface area contributed by atoms with Gasteiger partial charge in [-0.25, -0.2) is 0 Å². The average Bonchev–Trinajstić information content (AvgIpc) is 2.38. The summed E-state index contributed by atoms with van der Waals surface area (Å²) in [7, 11) is 0. The van der Waals surface area contributed by atoms with Gasteiger partial charge in [0, 0.05) is 24.2 Å². The molecular weight excluding hydrogens is 319 g/mol. The summed E-state index contributed by atoms with van der Waals surface area (Å²) in [6, 6.07) is 5.08. The smallest absolute Gasteiger partial charge is 0.255 e. The van der Waals surface area contributed by atoms with E-state index in [9.17, 15) is 4.79 Å². The maximum Gasteiger partial charge on any atom is 0.255 e. The van der Waals surface area contributed by atoms with Crippen LogP contribution in [0.3, 0.4) is 0 Å². The molecule has 1 aromatic rings. The van der Waals surface area contributed by atoms with Crippen LogP contribution in [0.4, 0.5) is 0 Å². The van der Waals surface area contributed by atoms with Crippen molar-refractivity contribution in [3.05, 3.63) is 33.8 Å². The Labute approximate surface area is 135 Å². The molecule has 0 saturated carbocycles. The highest BCUT2D eigenvalue weighted by Crippen LogP contribution is 2.25. The van der Waals surface area contributed by atoms with E-state index in [-0.39, 0.29) is 24.4 Å². The predicted octanol–water partition coefficient (Wildman–Crippen LogP) is 3.61. The van der Waals surface area contributed by atoms with Gasteiger partial charge in [-0.15, -0.1) is 12.4 Å². The lowest BCUT2D eigenvalue weighted by atomic mass is 9.92. The molecule has 1 fully saturated rings. The van der Waals surface area contributed by atoms with E-state index in [0.29, 0.717) is 28.1 Å². The van der Waals surface area contributed by atoms with Gasteiger partial charge in [0.1, 0.15) is 0 Å². The first-order valence-electron chi connectivity index (χ1n) is 6.49. The van der Waals surface area contributed by atoms with Gasteiger partial charge in [0.2, 0.25) is 0 Å². The maximum atomic E-state index is 12.5. The lowest BCUT2D eigenvalue weighted by Crippen LogP contribution is -2.45. The number of nitrogens with two attached hydrogens (primary N) is 1. The van der Waals surface area contributed by atoms with Crippen LogP contribution in [0.15, 0.2) is 18.2 Å². The number of hydrogen-bond donors (Lipinski definition) is 1. The van der Waals surface area contributed by atoms with Crippen molar-refractivity contribution >= 4 is 41.5 Å². The minimum absolute atomic E-state index is 0. The van der Waals surface area contributed by atoms with E-state index in [4.69, 9.17) is 28.9 Å². The Morgan fingerprint density at radius 2 is 2.15 bits per heavy atom. The van der Waals surface area contributed by atoms with E-state index in [2.05, 4.69) is 0 Å². The van der Waals surface area contributed by atoms with E-state index < -0.39 is 0 Å². The minimum Gasteiger partial charge on any atom is -0.338 e. The molecule has 0 aliphatic carbocycles. The number of rotatable bonds is 2. The first-order chi connectivity index (χ1) is 8.99. The molecule has 2 N–H and O–H groups in total. The Morgan fingerprint density at radius 3 is 2.75 bits per heavy atom. The third kappa shape index (κ3) is 4.01. The van der Waals surface area contributed by atoms with Crippen LogP contribution in [0.5, 0.6) is 0 Å². The summed E-state index contributed by atoms with van der Waals surface area (Å²) in [6.45, 7) is 3.46. The standard InChI is InChI=1S/C14H18Cl2N2O.ClH/c1-9(17)10-3-2-6-18(8-10)14(19)12-5-4-11(15)7-13(12)16;/h4-5,7,9-10H,2-3,6,8,17H2,1H3;1H. The highest BCUT2D eigenvalue weighted by Gasteiger charge is 2.27. The van der Waals surface area contributed by atoms with E-state index in [0.717, 1.165) is 19.4 Å². The number of likely N-dealkylation sites (tertiary alicyclic amines) is 1. The van der Waals surface area contributed by atoms with Crippen molar-refractivity contribution in [2.45, 2.75) is 25.8 Å². The molecule has 0 spiro atoms. The zero-order chi connectivity index (χ0) is 14.0. The Hall–Kier alpha value is -0.480. The Morgan fingerprint density at radius 1 is 1.45 bits per heavy atom. The van der Waals surface area contributed by atoms with Crippen LogP contribution in [-0.2, 0) is 0 Å². The molecule has 2 unspecified atom stereocenters. The van der Waals surface area contributed by atoms with Crippen molar-refractivity contribution in [1.82, 2.24) is 4.90 Å². The second-order valence-corrected chi connectivity index (χ2v) is 5.98. The van der Waals surface area contributed by atoms with Crippen LogP contribution in [-0.4, -0.2) is 29.9 Å². The maximum absolute atomic E-state index is 12.5. The number of benzene rings is 1. The largest absolute Gasteiger partial charge is 0.338 e. The summed E-state index contributed by atoms with van der Waals surface area (Å²) >= 11 is 11.9. The number of nitrogens with zero attached hydrogens (tertiary/aromatic N) is 1. The SMILES string of the molecule is CC(N)C1CCCN(C(=O)c2ccc(Cl)cc2Cl)C1.Cl. The highest BCUT2D eigenvalue weighted by atomic mass is 35.5. The lowest BCUT2D eigenvalue weighted by Gasteiger charge is -2.34. The zero-order valence-electron chi connectivity index (χ0n) is 11.3. The highest BCUT2D eigenvalue weighted by molar-refractivity contribution is 6.36. The zero-order valence-corrected chi connectivity index (χ0v) is 13.6. The molecule has 1 aromatic carbocycles. The van der Waals surface area contributed by atoms with Crippen LogP contribution in [0, 0.1) is 5.92 Å². The summed E-state index contributed by atoms with van der Waals surface area (Å²) in [5.41, 5.74) is 6.45. The molecule has 2 atom stereocenters. The second kappa shape index (κ2) is 7.51. The van der Waals surface area contributed by atoms with Gasteiger partial charge in [-0.05, 0) is 43.9 Å². The molecule has 112 valence electrons. The first-order valence-corrected chi connectivity index (χ1v) is 7.24. The fourth-order valence-electron chi connectivity index (χ4n) is 2.46. The molecular formula is C14H19Cl3N2O. The lowest BCUT2D eigenvalue weighted by molar-refractivity contribution is 0.0661. The van der Waals surface area contributed by atoms with Crippen LogP contribution in [0.2, 0.25) is 10.0 Å². The van der Waals surface area contributed by atoms with Crippen molar-refractivity contribution in [3.63, 3.8) is 0 Å². The normalized spacial score (nSPS) is 20.2. The van der Waals surface area contributed by atoms with Crippen LogP contribution in [0.25, 0.3) is 0 Å². The van der Waals surface area contributed by atoms with Gasteiger partial charge < -0.3 is 10.6 Å². The number of carbonyl (C=O) groups excluding carboxylic acids is 1. The Balaban J connectivity index is 0.00000200. The van der Waals surface area contributed by atoms with Crippen molar-refractivity contribution < 1.29 is 4.79 Å². The Kier molecular flexibility index (Phi) is 6.59. The molecule has 3 nitrogen and oxygen atoms in total. The van der Waals surface area contributed by atoms with E-state index in [1.807, 2.05) is 11.8 Å². The number of amides is 1. The summed E-state index contributed by atoms with van der Waals surface area (Å²) in [4.78, 5) is 14.3. The van der Waals surface area contributed by atoms with Crippen molar-refractivity contribution in [1.29, 1.82) is 0 Å². The number of halogens is 3. The van der Waals surface area contributed by atoms with Gasteiger partial charge in [-0.1, -0.05) is 23.2 Å². The fraction of sp³-hybridized carbons (Fsp3) is 0.500. The quantitative estimate of drug-likeness (QED) is 0.896. The first kappa shape index (κ1) is 17.6. The van der Waals surface area contributed by atoms with E-state index in [1.54, 1.807) is 18.2 Å². The molecule has 2 rings (SSSR count). The van der Waals surface area contributed by atoms with Gasteiger partial charge in [0.25, 0.3) is 5.91 Å². The summed E-state index contributed by atoms with van der Waals surface area (Å²) in [5.74, 6) is 0.329. The average molecular weight is 338 g/mol. The van der Waals surface area contributed by atoms with Crippen LogP contribution in [0.1, 0.15) is 30.1 Å². The molecule has 1 aliphatic heterocycles. The number of carbonyl (C=O) groups is 1. The summed E-state index contributed by atoms with van der Waals surface area (Å²) < 4.78 is 0. The summed E-state index contributed by atoms with van der Waals surface area (Å²) in [5, 5.41) is 0.939. The predicted molar refractivity (Wildman–Crippen MR) is 86.0 cm³/mol. The topological polar surface area (TPSA) is 46.3 Å². The molecule has 6 heteroatoms. The molecule has 1 heterocycles.